The van der Waals surface area contributed by atoms with Crippen molar-refractivity contribution in [2.75, 3.05) is 13.1 Å². The Morgan fingerprint density at radius 3 is 2.88 bits per heavy atom. The Balaban J connectivity index is 1.55. The molecule has 7 heteroatoms. The number of carbonyl (C=O) groups is 1. The van der Waals surface area contributed by atoms with E-state index in [4.69, 9.17) is 9.40 Å². The van der Waals surface area contributed by atoms with Crippen LogP contribution in [-0.4, -0.2) is 43.4 Å². The van der Waals surface area contributed by atoms with Gasteiger partial charge in [0.1, 0.15) is 17.9 Å². The van der Waals surface area contributed by atoms with Crippen LogP contribution in [0.5, 0.6) is 0 Å². The highest BCUT2D eigenvalue weighted by molar-refractivity contribution is 5.92. The first-order chi connectivity index (χ1) is 12.6. The molecule has 1 aliphatic heterocycles. The fourth-order valence-corrected chi connectivity index (χ4v) is 3.45. The molecule has 1 atom stereocenters. The third kappa shape index (κ3) is 3.12. The van der Waals surface area contributed by atoms with E-state index in [1.54, 1.807) is 13.1 Å². The summed E-state index contributed by atoms with van der Waals surface area (Å²) < 4.78 is 7.14. The molecular weight excluding hydrogens is 330 g/mol. The summed E-state index contributed by atoms with van der Waals surface area (Å²) in [4.78, 5) is 27.7. The lowest BCUT2D eigenvalue weighted by atomic mass is 9.94. The molecule has 3 aromatic heterocycles. The van der Waals surface area contributed by atoms with Gasteiger partial charge in [0.25, 0.3) is 5.91 Å². The van der Waals surface area contributed by atoms with E-state index in [9.17, 15) is 4.79 Å². The van der Waals surface area contributed by atoms with Gasteiger partial charge in [-0.3, -0.25) is 9.36 Å². The second kappa shape index (κ2) is 6.74. The summed E-state index contributed by atoms with van der Waals surface area (Å²) in [5.41, 5.74) is 1.38. The van der Waals surface area contributed by atoms with E-state index < -0.39 is 0 Å². The van der Waals surface area contributed by atoms with Crippen molar-refractivity contribution >= 4 is 5.91 Å². The number of piperidine rings is 1. The molecule has 1 fully saturated rings. The van der Waals surface area contributed by atoms with Gasteiger partial charge in [-0.1, -0.05) is 6.07 Å². The van der Waals surface area contributed by atoms with Crippen LogP contribution < -0.4 is 0 Å². The first-order valence-corrected chi connectivity index (χ1v) is 8.80. The molecule has 1 amide bonds. The van der Waals surface area contributed by atoms with E-state index in [0.717, 1.165) is 36.7 Å². The van der Waals surface area contributed by atoms with Crippen molar-refractivity contribution in [3.63, 3.8) is 0 Å². The number of hydrogen-bond donors (Lipinski definition) is 0. The fraction of sp³-hybridized carbons (Fsp3) is 0.368. The molecule has 0 unspecified atom stereocenters. The van der Waals surface area contributed by atoms with E-state index in [0.29, 0.717) is 18.1 Å². The maximum absolute atomic E-state index is 12.7. The number of nitrogens with zero attached hydrogens (tertiary/aromatic N) is 5. The number of pyridine rings is 1. The fourth-order valence-electron chi connectivity index (χ4n) is 3.45. The van der Waals surface area contributed by atoms with Gasteiger partial charge in [0.05, 0.1) is 0 Å². The van der Waals surface area contributed by atoms with E-state index in [1.165, 1.54) is 6.26 Å². The van der Waals surface area contributed by atoms with Crippen LogP contribution in [0.15, 0.2) is 41.3 Å². The maximum atomic E-state index is 12.7. The van der Waals surface area contributed by atoms with Gasteiger partial charge >= 0.3 is 0 Å². The average molecular weight is 351 g/mol. The Labute approximate surface area is 151 Å². The first-order valence-electron chi connectivity index (χ1n) is 8.80. The number of hydrogen-bond acceptors (Lipinski definition) is 5. The molecule has 4 rings (SSSR count). The molecule has 0 radical (unpaired) electrons. The summed E-state index contributed by atoms with van der Waals surface area (Å²) in [6.07, 6.45) is 7.07. The predicted octanol–water partition coefficient (Wildman–Crippen LogP) is 2.89. The first kappa shape index (κ1) is 16.5. The molecule has 1 saturated heterocycles. The van der Waals surface area contributed by atoms with Crippen LogP contribution in [0.2, 0.25) is 0 Å². The van der Waals surface area contributed by atoms with E-state index in [2.05, 4.69) is 9.97 Å². The third-order valence-corrected chi connectivity index (χ3v) is 4.79. The molecule has 0 N–H and O–H groups in total. The Morgan fingerprint density at radius 2 is 2.15 bits per heavy atom. The molecule has 0 spiro atoms. The summed E-state index contributed by atoms with van der Waals surface area (Å²) in [7, 11) is 0. The molecule has 0 aliphatic carbocycles. The zero-order valence-corrected chi connectivity index (χ0v) is 14.9. The predicted molar refractivity (Wildman–Crippen MR) is 95.2 cm³/mol. The van der Waals surface area contributed by atoms with Crippen LogP contribution >= 0.6 is 0 Å². The standard InChI is InChI=1S/C19H21N5O2/c1-13-20-8-10-24(13)18-7-3-6-16(22-18)15-5-4-9-23(11-15)19(25)17-12-26-14(2)21-17/h3,6-8,10,12,15H,4-5,9,11H2,1-2H3/t15-/m1/s1. The molecule has 4 heterocycles. The van der Waals surface area contributed by atoms with Crippen molar-refractivity contribution in [2.45, 2.75) is 32.6 Å². The Kier molecular flexibility index (Phi) is 4.28. The smallest absolute Gasteiger partial charge is 0.275 e. The minimum atomic E-state index is -0.0758. The number of aryl methyl sites for hydroxylation is 2. The van der Waals surface area contributed by atoms with Crippen molar-refractivity contribution in [3.8, 4) is 5.82 Å². The van der Waals surface area contributed by atoms with Gasteiger partial charge in [0, 0.05) is 44.0 Å². The molecule has 0 saturated carbocycles. The number of amides is 1. The molecular formula is C19H21N5O2. The Hall–Kier alpha value is -2.96. The van der Waals surface area contributed by atoms with Gasteiger partial charge in [-0.2, -0.15) is 0 Å². The van der Waals surface area contributed by atoms with Gasteiger partial charge in [-0.25, -0.2) is 15.0 Å². The zero-order chi connectivity index (χ0) is 18.1. The molecule has 26 heavy (non-hydrogen) atoms. The lowest BCUT2D eigenvalue weighted by Gasteiger charge is -2.32. The maximum Gasteiger partial charge on any atom is 0.275 e. The number of carbonyl (C=O) groups excluding carboxylic acids is 1. The third-order valence-electron chi connectivity index (χ3n) is 4.79. The highest BCUT2D eigenvalue weighted by Gasteiger charge is 2.27. The second-order valence-electron chi connectivity index (χ2n) is 6.61. The van der Waals surface area contributed by atoms with Crippen molar-refractivity contribution in [3.05, 3.63) is 60.0 Å². The van der Waals surface area contributed by atoms with Crippen LogP contribution in [0.25, 0.3) is 5.82 Å². The van der Waals surface area contributed by atoms with Gasteiger partial charge in [0.15, 0.2) is 11.6 Å². The van der Waals surface area contributed by atoms with Crippen LogP contribution in [-0.2, 0) is 0 Å². The number of imidazole rings is 1. The molecule has 134 valence electrons. The normalized spacial score (nSPS) is 17.5. The summed E-state index contributed by atoms with van der Waals surface area (Å²) in [6.45, 7) is 5.07. The van der Waals surface area contributed by atoms with Gasteiger partial charge in [-0.15, -0.1) is 0 Å². The number of aromatic nitrogens is 4. The van der Waals surface area contributed by atoms with Crippen LogP contribution in [0.4, 0.5) is 0 Å². The topological polar surface area (TPSA) is 77.1 Å². The SMILES string of the molecule is Cc1nc(C(=O)N2CCC[C@@H](c3cccc(-n4ccnc4C)n3)C2)co1. The highest BCUT2D eigenvalue weighted by atomic mass is 16.3. The second-order valence-corrected chi connectivity index (χ2v) is 6.61. The Morgan fingerprint density at radius 1 is 1.27 bits per heavy atom. The Bertz CT molecular complexity index is 929. The summed E-state index contributed by atoms with van der Waals surface area (Å²) in [6, 6.07) is 6.02. The van der Waals surface area contributed by atoms with E-state index in [-0.39, 0.29) is 11.8 Å². The number of oxazole rings is 1. The number of likely N-dealkylation sites (tertiary alicyclic amines) is 1. The van der Waals surface area contributed by atoms with Gasteiger partial charge in [-0.05, 0) is 31.9 Å². The minimum Gasteiger partial charge on any atom is -0.448 e. The van der Waals surface area contributed by atoms with Crippen LogP contribution in [0.1, 0.15) is 46.7 Å². The van der Waals surface area contributed by atoms with Crippen molar-refractivity contribution < 1.29 is 9.21 Å². The van der Waals surface area contributed by atoms with Crippen molar-refractivity contribution in [1.29, 1.82) is 0 Å². The average Bonchev–Trinajstić information content (AvgIpc) is 3.29. The van der Waals surface area contributed by atoms with Gasteiger partial charge in [0.2, 0.25) is 0 Å². The zero-order valence-electron chi connectivity index (χ0n) is 14.9. The molecule has 0 aromatic carbocycles. The summed E-state index contributed by atoms with van der Waals surface area (Å²) >= 11 is 0. The van der Waals surface area contributed by atoms with Gasteiger partial charge < -0.3 is 9.32 Å². The van der Waals surface area contributed by atoms with Crippen LogP contribution in [0.3, 0.4) is 0 Å². The van der Waals surface area contributed by atoms with Crippen molar-refractivity contribution in [2.24, 2.45) is 0 Å². The number of rotatable bonds is 3. The lowest BCUT2D eigenvalue weighted by Crippen LogP contribution is -2.39. The highest BCUT2D eigenvalue weighted by Crippen LogP contribution is 2.27. The molecule has 3 aromatic rings. The monoisotopic (exact) mass is 351 g/mol. The van der Waals surface area contributed by atoms with E-state index in [1.807, 2.05) is 40.8 Å². The van der Waals surface area contributed by atoms with Crippen molar-refractivity contribution in [1.82, 2.24) is 24.4 Å². The lowest BCUT2D eigenvalue weighted by molar-refractivity contribution is 0.0700. The largest absolute Gasteiger partial charge is 0.448 e. The van der Waals surface area contributed by atoms with E-state index >= 15 is 0 Å². The summed E-state index contributed by atoms with van der Waals surface area (Å²) in [5.74, 6) is 2.40. The minimum absolute atomic E-state index is 0.0758. The van der Waals surface area contributed by atoms with Crippen LogP contribution in [0, 0.1) is 13.8 Å². The molecule has 7 nitrogen and oxygen atoms in total. The molecule has 0 bridgehead atoms. The summed E-state index contributed by atoms with van der Waals surface area (Å²) in [5, 5.41) is 0. The molecule has 1 aliphatic rings. The quantitative estimate of drug-likeness (QED) is 0.725.